The molecule has 100 valence electrons. The normalized spacial score (nSPS) is 19.0. The number of hydrogen-bond acceptors (Lipinski definition) is 2. The molecule has 0 aliphatic carbocycles. The molecule has 3 nitrogen and oxygen atoms in total. The van der Waals surface area contributed by atoms with Crippen molar-refractivity contribution in [1.29, 1.82) is 0 Å². The Morgan fingerprint density at radius 1 is 1.16 bits per heavy atom. The zero-order valence-electron chi connectivity index (χ0n) is 11.9. The third-order valence-corrected chi connectivity index (χ3v) is 3.96. The summed E-state index contributed by atoms with van der Waals surface area (Å²) in [6.07, 6.45) is 3.19. The summed E-state index contributed by atoms with van der Waals surface area (Å²) in [5.41, 5.74) is 6.44. The summed E-state index contributed by atoms with van der Waals surface area (Å²) in [4.78, 5) is 0. The smallest absolute Gasteiger partial charge is 0.0658 e. The zero-order valence-corrected chi connectivity index (χ0v) is 11.9. The first-order chi connectivity index (χ1) is 9.15. The molecule has 1 aromatic carbocycles. The fraction of sp³-hybridized carbons (Fsp3) is 0.438. The number of nitrogens with one attached hydrogen (secondary N) is 1. The van der Waals surface area contributed by atoms with E-state index in [0.29, 0.717) is 6.04 Å². The van der Waals surface area contributed by atoms with Gasteiger partial charge in [0.05, 0.1) is 12.2 Å². The van der Waals surface area contributed by atoms with Gasteiger partial charge in [0, 0.05) is 17.8 Å². The van der Waals surface area contributed by atoms with Crippen LogP contribution >= 0.6 is 0 Å². The van der Waals surface area contributed by atoms with E-state index in [2.05, 4.69) is 54.1 Å². The summed E-state index contributed by atoms with van der Waals surface area (Å²) in [5, 5.41) is 8.01. The second kappa shape index (κ2) is 4.82. The first kappa shape index (κ1) is 12.4. The first-order valence-electron chi connectivity index (χ1n) is 6.98. The molecule has 1 fully saturated rings. The fourth-order valence-corrected chi connectivity index (χ4v) is 3.05. The molecule has 0 bridgehead atoms. The van der Waals surface area contributed by atoms with Crippen molar-refractivity contribution in [3.63, 3.8) is 0 Å². The lowest BCUT2D eigenvalue weighted by molar-refractivity contribution is 0.480. The minimum absolute atomic E-state index is 0.514. The van der Waals surface area contributed by atoms with E-state index in [0.717, 1.165) is 13.1 Å². The molecule has 0 amide bonds. The highest BCUT2D eigenvalue weighted by Gasteiger charge is 2.20. The van der Waals surface area contributed by atoms with Gasteiger partial charge >= 0.3 is 0 Å². The number of aryl methyl sites for hydroxylation is 2. The predicted molar refractivity (Wildman–Crippen MR) is 78.4 cm³/mol. The van der Waals surface area contributed by atoms with Crippen LogP contribution in [-0.2, 0) is 0 Å². The minimum atomic E-state index is 0.514. The van der Waals surface area contributed by atoms with Gasteiger partial charge < -0.3 is 5.32 Å². The molecule has 1 saturated heterocycles. The van der Waals surface area contributed by atoms with Crippen LogP contribution in [0.5, 0.6) is 0 Å². The van der Waals surface area contributed by atoms with E-state index in [1.165, 1.54) is 34.4 Å². The maximum absolute atomic E-state index is 4.61. The highest BCUT2D eigenvalue weighted by molar-refractivity contribution is 5.66. The Hall–Kier alpha value is -1.61. The predicted octanol–water partition coefficient (Wildman–Crippen LogP) is 3.01. The molecule has 0 saturated carbocycles. The maximum atomic E-state index is 4.61. The molecule has 0 radical (unpaired) electrons. The van der Waals surface area contributed by atoms with E-state index >= 15 is 0 Å². The molecule has 2 heterocycles. The van der Waals surface area contributed by atoms with Gasteiger partial charge in [0.1, 0.15) is 0 Å². The SMILES string of the molecule is Cc1cc(C)cc(-c2cnn(C3CCNC3)c2C)c1. The van der Waals surface area contributed by atoms with Crippen molar-refractivity contribution in [2.24, 2.45) is 0 Å². The standard InChI is InChI=1S/C16H21N3/c1-11-6-12(2)8-14(7-11)16-10-18-19(13(16)3)15-4-5-17-9-15/h6-8,10,15,17H,4-5,9H2,1-3H3. The van der Waals surface area contributed by atoms with Gasteiger partial charge in [-0.3, -0.25) is 4.68 Å². The van der Waals surface area contributed by atoms with Crippen LogP contribution < -0.4 is 5.32 Å². The van der Waals surface area contributed by atoms with Gasteiger partial charge in [-0.2, -0.15) is 5.10 Å². The zero-order chi connectivity index (χ0) is 13.4. The monoisotopic (exact) mass is 255 g/mol. The van der Waals surface area contributed by atoms with Gasteiger partial charge in [-0.25, -0.2) is 0 Å². The maximum Gasteiger partial charge on any atom is 0.0658 e. The molecular formula is C16H21N3. The number of aromatic nitrogens is 2. The van der Waals surface area contributed by atoms with Gasteiger partial charge in [-0.1, -0.05) is 29.3 Å². The summed E-state index contributed by atoms with van der Waals surface area (Å²) in [5.74, 6) is 0. The van der Waals surface area contributed by atoms with E-state index in [-0.39, 0.29) is 0 Å². The van der Waals surface area contributed by atoms with E-state index in [4.69, 9.17) is 0 Å². The highest BCUT2D eigenvalue weighted by atomic mass is 15.3. The molecule has 1 atom stereocenters. The van der Waals surface area contributed by atoms with Crippen molar-refractivity contribution in [3.05, 3.63) is 41.2 Å². The van der Waals surface area contributed by atoms with E-state index < -0.39 is 0 Å². The van der Waals surface area contributed by atoms with Crippen LogP contribution in [0.3, 0.4) is 0 Å². The Bertz CT molecular complexity index is 572. The molecule has 2 aromatic rings. The lowest BCUT2D eigenvalue weighted by Crippen LogP contribution is -2.15. The van der Waals surface area contributed by atoms with Crippen LogP contribution in [0.2, 0.25) is 0 Å². The van der Waals surface area contributed by atoms with Crippen molar-refractivity contribution >= 4 is 0 Å². The lowest BCUT2D eigenvalue weighted by Gasteiger charge is -2.12. The van der Waals surface area contributed by atoms with Crippen LogP contribution in [-0.4, -0.2) is 22.9 Å². The molecule has 1 unspecified atom stereocenters. The topological polar surface area (TPSA) is 29.9 Å². The Balaban J connectivity index is 2.01. The summed E-state index contributed by atoms with van der Waals surface area (Å²) in [6, 6.07) is 7.21. The Morgan fingerprint density at radius 2 is 1.89 bits per heavy atom. The molecule has 19 heavy (non-hydrogen) atoms. The van der Waals surface area contributed by atoms with E-state index in [9.17, 15) is 0 Å². The first-order valence-corrected chi connectivity index (χ1v) is 6.98. The van der Waals surface area contributed by atoms with Gasteiger partial charge in [-0.05, 0) is 39.3 Å². The summed E-state index contributed by atoms with van der Waals surface area (Å²) in [6.45, 7) is 8.62. The van der Waals surface area contributed by atoms with Crippen molar-refractivity contribution in [1.82, 2.24) is 15.1 Å². The largest absolute Gasteiger partial charge is 0.315 e. The van der Waals surface area contributed by atoms with Crippen molar-refractivity contribution in [2.45, 2.75) is 33.2 Å². The van der Waals surface area contributed by atoms with Crippen LogP contribution in [0, 0.1) is 20.8 Å². The lowest BCUT2D eigenvalue weighted by atomic mass is 10.0. The third kappa shape index (κ3) is 2.30. The molecule has 1 aromatic heterocycles. The summed E-state index contributed by atoms with van der Waals surface area (Å²) in [7, 11) is 0. The van der Waals surface area contributed by atoms with Gasteiger partial charge in [0.25, 0.3) is 0 Å². The van der Waals surface area contributed by atoms with Crippen molar-refractivity contribution in [2.75, 3.05) is 13.1 Å². The quantitative estimate of drug-likeness (QED) is 0.894. The van der Waals surface area contributed by atoms with Crippen molar-refractivity contribution < 1.29 is 0 Å². The molecule has 3 rings (SSSR count). The summed E-state index contributed by atoms with van der Waals surface area (Å²) >= 11 is 0. The van der Waals surface area contributed by atoms with Gasteiger partial charge in [0.15, 0.2) is 0 Å². The number of benzene rings is 1. The van der Waals surface area contributed by atoms with Crippen molar-refractivity contribution in [3.8, 4) is 11.1 Å². The van der Waals surface area contributed by atoms with Gasteiger partial charge in [0.2, 0.25) is 0 Å². The number of nitrogens with zero attached hydrogens (tertiary/aromatic N) is 2. The van der Waals surface area contributed by atoms with Crippen LogP contribution in [0.15, 0.2) is 24.4 Å². The van der Waals surface area contributed by atoms with Gasteiger partial charge in [-0.15, -0.1) is 0 Å². The summed E-state index contributed by atoms with van der Waals surface area (Å²) < 4.78 is 2.19. The average Bonchev–Trinajstić information content (AvgIpc) is 2.96. The van der Waals surface area contributed by atoms with Crippen LogP contribution in [0.1, 0.15) is 29.3 Å². The molecule has 1 aliphatic heterocycles. The average molecular weight is 255 g/mol. The molecule has 3 heteroatoms. The highest BCUT2D eigenvalue weighted by Crippen LogP contribution is 2.28. The molecule has 1 N–H and O–H groups in total. The van der Waals surface area contributed by atoms with Crippen LogP contribution in [0.4, 0.5) is 0 Å². The fourth-order valence-electron chi connectivity index (χ4n) is 3.05. The third-order valence-electron chi connectivity index (χ3n) is 3.96. The Kier molecular flexibility index (Phi) is 3.15. The minimum Gasteiger partial charge on any atom is -0.315 e. The molecular weight excluding hydrogens is 234 g/mol. The molecule has 1 aliphatic rings. The Morgan fingerprint density at radius 3 is 2.53 bits per heavy atom. The second-order valence-corrected chi connectivity index (χ2v) is 5.61. The number of rotatable bonds is 2. The number of hydrogen-bond donors (Lipinski definition) is 1. The van der Waals surface area contributed by atoms with E-state index in [1.54, 1.807) is 0 Å². The van der Waals surface area contributed by atoms with Crippen LogP contribution in [0.25, 0.3) is 11.1 Å². The van der Waals surface area contributed by atoms with E-state index in [1.807, 2.05) is 6.20 Å². The Labute approximate surface area is 114 Å². The second-order valence-electron chi connectivity index (χ2n) is 5.61. The molecule has 0 spiro atoms.